The number of furan rings is 1. The van der Waals surface area contributed by atoms with Gasteiger partial charge in [0.1, 0.15) is 5.69 Å². The quantitative estimate of drug-likeness (QED) is 0.737. The van der Waals surface area contributed by atoms with Crippen molar-refractivity contribution in [2.75, 3.05) is 6.54 Å². The van der Waals surface area contributed by atoms with Crippen LogP contribution in [0.3, 0.4) is 0 Å². The number of para-hydroxylation sites is 1. The van der Waals surface area contributed by atoms with Crippen molar-refractivity contribution in [2.45, 2.75) is 6.54 Å². The topological polar surface area (TPSA) is 74.1 Å². The predicted octanol–water partition coefficient (Wildman–Crippen LogP) is 1.96. The van der Waals surface area contributed by atoms with E-state index in [4.69, 9.17) is 10.2 Å². The molecule has 0 aliphatic rings. The molecule has 0 saturated heterocycles. The van der Waals surface area contributed by atoms with Crippen LogP contribution in [-0.4, -0.2) is 21.9 Å². The highest BCUT2D eigenvalue weighted by atomic mass is 19.1. The van der Waals surface area contributed by atoms with Crippen molar-refractivity contribution in [1.29, 1.82) is 0 Å². The molecule has 6 heteroatoms. The highest BCUT2D eigenvalue weighted by Gasteiger charge is 2.18. The number of imidazole rings is 1. The molecule has 0 aliphatic heterocycles. The third-order valence-electron chi connectivity index (χ3n) is 2.97. The highest BCUT2D eigenvalue weighted by Crippen LogP contribution is 2.23. The first-order valence-corrected chi connectivity index (χ1v) is 6.13. The Hall–Kier alpha value is -2.47. The van der Waals surface area contributed by atoms with Gasteiger partial charge in [-0.05, 0) is 12.1 Å². The maximum absolute atomic E-state index is 13.5. The number of halogens is 1. The standard InChI is InChI=1S/C14H12FN3O2/c15-10-3-1-2-9-6-12(20-14(9)10)13(19)11-7-18(5-4-16)8-17-11/h1-3,6-8H,4-5,16H2. The van der Waals surface area contributed by atoms with E-state index in [1.54, 1.807) is 22.9 Å². The first-order chi connectivity index (χ1) is 9.69. The Bertz CT molecular complexity index is 776. The fourth-order valence-electron chi connectivity index (χ4n) is 2.01. The number of carbonyl (C=O) groups excluding carboxylic acids is 1. The summed E-state index contributed by atoms with van der Waals surface area (Å²) in [6.07, 6.45) is 3.13. The van der Waals surface area contributed by atoms with Crippen molar-refractivity contribution in [2.24, 2.45) is 5.73 Å². The van der Waals surface area contributed by atoms with E-state index in [1.165, 1.54) is 18.5 Å². The number of carbonyl (C=O) groups is 1. The average molecular weight is 273 g/mol. The molecule has 2 heterocycles. The fourth-order valence-corrected chi connectivity index (χ4v) is 2.01. The van der Waals surface area contributed by atoms with E-state index in [0.29, 0.717) is 18.5 Å². The minimum Gasteiger partial charge on any atom is -0.449 e. The van der Waals surface area contributed by atoms with Crippen molar-refractivity contribution in [3.63, 3.8) is 0 Å². The van der Waals surface area contributed by atoms with Gasteiger partial charge in [-0.15, -0.1) is 0 Å². The lowest BCUT2D eigenvalue weighted by atomic mass is 10.2. The van der Waals surface area contributed by atoms with Crippen molar-refractivity contribution in [3.05, 3.63) is 54.1 Å². The zero-order chi connectivity index (χ0) is 14.1. The van der Waals surface area contributed by atoms with Crippen LogP contribution in [0.5, 0.6) is 0 Å². The Morgan fingerprint density at radius 2 is 2.30 bits per heavy atom. The Morgan fingerprint density at radius 1 is 1.45 bits per heavy atom. The monoisotopic (exact) mass is 273 g/mol. The summed E-state index contributed by atoms with van der Waals surface area (Å²) in [6.45, 7) is 1.04. The van der Waals surface area contributed by atoms with Gasteiger partial charge in [0.05, 0.1) is 6.33 Å². The van der Waals surface area contributed by atoms with Gasteiger partial charge in [-0.1, -0.05) is 12.1 Å². The molecule has 102 valence electrons. The molecule has 0 atom stereocenters. The normalized spacial score (nSPS) is 11.1. The number of fused-ring (bicyclic) bond motifs is 1. The Balaban J connectivity index is 1.97. The molecule has 0 fully saturated rings. The van der Waals surface area contributed by atoms with Gasteiger partial charge < -0.3 is 14.7 Å². The van der Waals surface area contributed by atoms with E-state index in [-0.39, 0.29) is 22.8 Å². The SMILES string of the molecule is NCCn1cnc(C(=O)c2cc3cccc(F)c3o2)c1. The van der Waals surface area contributed by atoms with Crippen LogP contribution in [0.15, 0.2) is 41.2 Å². The summed E-state index contributed by atoms with van der Waals surface area (Å²) >= 11 is 0. The lowest BCUT2D eigenvalue weighted by Gasteiger charge is -1.95. The van der Waals surface area contributed by atoms with Crippen molar-refractivity contribution in [1.82, 2.24) is 9.55 Å². The Labute approximate surface area is 113 Å². The molecule has 0 amide bonds. The average Bonchev–Trinajstić information content (AvgIpc) is 3.05. The first-order valence-electron chi connectivity index (χ1n) is 6.13. The molecule has 1 aromatic carbocycles. The van der Waals surface area contributed by atoms with E-state index >= 15 is 0 Å². The number of benzene rings is 1. The van der Waals surface area contributed by atoms with E-state index in [0.717, 1.165) is 0 Å². The Morgan fingerprint density at radius 3 is 3.05 bits per heavy atom. The predicted molar refractivity (Wildman–Crippen MR) is 70.9 cm³/mol. The Kier molecular flexibility index (Phi) is 3.08. The molecular weight excluding hydrogens is 261 g/mol. The molecule has 3 aromatic rings. The number of nitrogens with zero attached hydrogens (tertiary/aromatic N) is 2. The minimum absolute atomic E-state index is 0.0723. The fraction of sp³-hybridized carbons (Fsp3) is 0.143. The largest absolute Gasteiger partial charge is 0.449 e. The molecule has 0 unspecified atom stereocenters. The van der Waals surface area contributed by atoms with Crippen molar-refractivity contribution in [3.8, 4) is 0 Å². The summed E-state index contributed by atoms with van der Waals surface area (Å²) in [5, 5.41) is 0.551. The van der Waals surface area contributed by atoms with Crippen LogP contribution in [-0.2, 0) is 6.54 Å². The van der Waals surface area contributed by atoms with E-state index in [9.17, 15) is 9.18 Å². The van der Waals surface area contributed by atoms with Gasteiger partial charge in [0.2, 0.25) is 5.78 Å². The van der Waals surface area contributed by atoms with Crippen LogP contribution < -0.4 is 5.73 Å². The smallest absolute Gasteiger partial charge is 0.248 e. The van der Waals surface area contributed by atoms with Gasteiger partial charge in [0, 0.05) is 24.7 Å². The first kappa shape index (κ1) is 12.6. The number of hydrogen-bond acceptors (Lipinski definition) is 4. The summed E-state index contributed by atoms with van der Waals surface area (Å²) in [6, 6.07) is 6.06. The van der Waals surface area contributed by atoms with Crippen LogP contribution in [0.25, 0.3) is 11.0 Å². The molecule has 0 aliphatic carbocycles. The van der Waals surface area contributed by atoms with Crippen molar-refractivity contribution < 1.29 is 13.6 Å². The van der Waals surface area contributed by atoms with Crippen LogP contribution >= 0.6 is 0 Å². The third-order valence-corrected chi connectivity index (χ3v) is 2.97. The maximum Gasteiger partial charge on any atom is 0.248 e. The second-order valence-electron chi connectivity index (χ2n) is 4.38. The summed E-state index contributed by atoms with van der Waals surface area (Å²) in [7, 11) is 0. The summed E-state index contributed by atoms with van der Waals surface area (Å²) in [5.41, 5.74) is 5.76. The molecule has 0 radical (unpaired) electrons. The van der Waals surface area contributed by atoms with E-state index in [1.807, 2.05) is 0 Å². The summed E-state index contributed by atoms with van der Waals surface area (Å²) in [4.78, 5) is 16.2. The van der Waals surface area contributed by atoms with Crippen LogP contribution in [0.1, 0.15) is 16.2 Å². The molecule has 0 saturated carbocycles. The molecule has 0 bridgehead atoms. The van der Waals surface area contributed by atoms with Crippen LogP contribution in [0.2, 0.25) is 0 Å². The van der Waals surface area contributed by atoms with Crippen LogP contribution in [0, 0.1) is 5.82 Å². The number of ketones is 1. The number of aromatic nitrogens is 2. The van der Waals surface area contributed by atoms with E-state index in [2.05, 4.69) is 4.98 Å². The van der Waals surface area contributed by atoms with Crippen LogP contribution in [0.4, 0.5) is 4.39 Å². The molecule has 20 heavy (non-hydrogen) atoms. The van der Waals surface area contributed by atoms with Gasteiger partial charge in [0.15, 0.2) is 17.2 Å². The van der Waals surface area contributed by atoms with Gasteiger partial charge in [0.25, 0.3) is 0 Å². The zero-order valence-electron chi connectivity index (χ0n) is 10.5. The molecule has 3 rings (SSSR count). The number of nitrogens with two attached hydrogens (primary N) is 1. The third kappa shape index (κ3) is 2.10. The zero-order valence-corrected chi connectivity index (χ0v) is 10.5. The van der Waals surface area contributed by atoms with Gasteiger partial charge in [-0.2, -0.15) is 0 Å². The maximum atomic E-state index is 13.5. The van der Waals surface area contributed by atoms with Crippen molar-refractivity contribution >= 4 is 16.8 Å². The second kappa shape index (κ2) is 4.90. The second-order valence-corrected chi connectivity index (χ2v) is 4.38. The number of hydrogen-bond donors (Lipinski definition) is 1. The lowest BCUT2D eigenvalue weighted by Crippen LogP contribution is -2.08. The molecule has 0 spiro atoms. The van der Waals surface area contributed by atoms with Gasteiger partial charge in [-0.3, -0.25) is 4.79 Å². The molecule has 2 aromatic heterocycles. The molecular formula is C14H12FN3O2. The van der Waals surface area contributed by atoms with Gasteiger partial charge in [-0.25, -0.2) is 9.37 Å². The number of rotatable bonds is 4. The van der Waals surface area contributed by atoms with E-state index < -0.39 is 5.82 Å². The lowest BCUT2D eigenvalue weighted by molar-refractivity contribution is 0.101. The highest BCUT2D eigenvalue weighted by molar-refractivity contribution is 6.07. The molecule has 5 nitrogen and oxygen atoms in total. The van der Waals surface area contributed by atoms with Gasteiger partial charge >= 0.3 is 0 Å². The summed E-state index contributed by atoms with van der Waals surface area (Å²) in [5.74, 6) is -0.797. The minimum atomic E-state index is -0.491. The summed E-state index contributed by atoms with van der Waals surface area (Å²) < 4.78 is 20.5. The molecule has 2 N–H and O–H groups in total.